The van der Waals surface area contributed by atoms with Crippen LogP contribution in [-0.2, 0) is 4.79 Å². The molecule has 1 amide bonds. The van der Waals surface area contributed by atoms with Crippen LogP contribution in [-0.4, -0.2) is 12.5 Å². The predicted octanol–water partition coefficient (Wildman–Crippen LogP) is 4.39. The first-order chi connectivity index (χ1) is 9.94. The fourth-order valence-electron chi connectivity index (χ4n) is 2.10. The van der Waals surface area contributed by atoms with Crippen LogP contribution in [0.5, 0.6) is 5.75 Å². The van der Waals surface area contributed by atoms with Crippen LogP contribution < -0.4 is 10.1 Å². The van der Waals surface area contributed by atoms with E-state index in [-0.39, 0.29) is 12.5 Å². The molecular weight excluding hydrogens is 330 g/mol. The number of hydrogen-bond donors (Lipinski definition) is 1. The largest absolute Gasteiger partial charge is 0.484 e. The first kappa shape index (κ1) is 15.6. The first-order valence-corrected chi connectivity index (χ1v) is 7.50. The molecule has 0 spiro atoms. The molecule has 0 unspecified atom stereocenters. The molecule has 0 radical (unpaired) electrons. The van der Waals surface area contributed by atoms with E-state index in [1.54, 1.807) is 0 Å². The highest BCUT2D eigenvalue weighted by Crippen LogP contribution is 2.21. The molecule has 2 rings (SSSR count). The molecule has 1 N–H and O–H groups in total. The van der Waals surface area contributed by atoms with Gasteiger partial charge in [0.15, 0.2) is 6.61 Å². The summed E-state index contributed by atoms with van der Waals surface area (Å²) >= 11 is 3.43. The Hall–Kier alpha value is -1.81. The van der Waals surface area contributed by atoms with Gasteiger partial charge in [-0.1, -0.05) is 22.0 Å². The van der Waals surface area contributed by atoms with Crippen LogP contribution in [0.1, 0.15) is 16.7 Å². The Morgan fingerprint density at radius 2 is 1.76 bits per heavy atom. The summed E-state index contributed by atoms with van der Waals surface area (Å²) in [5.74, 6) is 0.520. The lowest BCUT2D eigenvalue weighted by Gasteiger charge is -2.10. The molecule has 110 valence electrons. The number of ether oxygens (including phenoxy) is 1. The average molecular weight is 348 g/mol. The zero-order chi connectivity index (χ0) is 15.4. The Morgan fingerprint density at radius 3 is 2.38 bits per heavy atom. The highest BCUT2D eigenvalue weighted by atomic mass is 79.9. The van der Waals surface area contributed by atoms with E-state index in [1.807, 2.05) is 51.1 Å². The summed E-state index contributed by atoms with van der Waals surface area (Å²) in [5, 5.41) is 2.85. The van der Waals surface area contributed by atoms with Crippen LogP contribution in [0, 0.1) is 20.8 Å². The molecule has 0 atom stereocenters. The van der Waals surface area contributed by atoms with Crippen LogP contribution in [0.25, 0.3) is 0 Å². The molecule has 0 aliphatic heterocycles. The van der Waals surface area contributed by atoms with Crippen molar-refractivity contribution in [2.45, 2.75) is 20.8 Å². The third-order valence-corrected chi connectivity index (χ3v) is 3.89. The predicted molar refractivity (Wildman–Crippen MR) is 88.9 cm³/mol. The molecular formula is C17H18BrNO2. The fourth-order valence-corrected chi connectivity index (χ4v) is 2.35. The van der Waals surface area contributed by atoms with Gasteiger partial charge in [-0.25, -0.2) is 0 Å². The van der Waals surface area contributed by atoms with Gasteiger partial charge in [-0.15, -0.1) is 0 Å². The lowest BCUT2D eigenvalue weighted by atomic mass is 10.1. The molecule has 4 heteroatoms. The lowest BCUT2D eigenvalue weighted by Crippen LogP contribution is -2.20. The van der Waals surface area contributed by atoms with Gasteiger partial charge in [0.25, 0.3) is 5.91 Å². The molecule has 3 nitrogen and oxygen atoms in total. The van der Waals surface area contributed by atoms with Crippen molar-refractivity contribution in [3.05, 3.63) is 57.6 Å². The molecule has 0 aliphatic rings. The average Bonchev–Trinajstić information content (AvgIpc) is 2.39. The quantitative estimate of drug-likeness (QED) is 0.890. The zero-order valence-electron chi connectivity index (χ0n) is 12.4. The number of benzene rings is 2. The molecule has 0 bridgehead atoms. The molecule has 0 heterocycles. The standard InChI is InChI=1S/C17H18BrNO2/c1-11-6-12(2)8-14(7-11)19-17(20)10-21-15-4-5-16(18)13(3)9-15/h4-9H,10H2,1-3H3,(H,19,20). The number of nitrogens with one attached hydrogen (secondary N) is 1. The van der Waals surface area contributed by atoms with Crippen molar-refractivity contribution in [1.29, 1.82) is 0 Å². The van der Waals surface area contributed by atoms with E-state index in [1.165, 1.54) is 0 Å². The van der Waals surface area contributed by atoms with E-state index in [0.29, 0.717) is 5.75 Å². The number of carbonyl (C=O) groups excluding carboxylic acids is 1. The summed E-state index contributed by atoms with van der Waals surface area (Å²) < 4.78 is 6.53. The van der Waals surface area contributed by atoms with E-state index >= 15 is 0 Å². The number of carbonyl (C=O) groups is 1. The van der Waals surface area contributed by atoms with Gasteiger partial charge in [-0.3, -0.25) is 4.79 Å². The van der Waals surface area contributed by atoms with Crippen LogP contribution in [0.2, 0.25) is 0 Å². The van der Waals surface area contributed by atoms with Crippen LogP contribution >= 0.6 is 15.9 Å². The summed E-state index contributed by atoms with van der Waals surface area (Å²) in [6, 6.07) is 11.6. The minimum atomic E-state index is -0.166. The van der Waals surface area contributed by atoms with Gasteiger partial charge in [-0.2, -0.15) is 0 Å². The highest BCUT2D eigenvalue weighted by Gasteiger charge is 2.05. The van der Waals surface area contributed by atoms with Crippen molar-refractivity contribution in [2.24, 2.45) is 0 Å². The van der Waals surface area contributed by atoms with Gasteiger partial charge < -0.3 is 10.1 Å². The first-order valence-electron chi connectivity index (χ1n) is 6.71. The molecule has 0 saturated carbocycles. The SMILES string of the molecule is Cc1cc(C)cc(NC(=O)COc2ccc(Br)c(C)c2)c1. The monoisotopic (exact) mass is 347 g/mol. The Balaban J connectivity index is 1.94. The molecule has 0 fully saturated rings. The van der Waals surface area contributed by atoms with Crippen molar-refractivity contribution in [1.82, 2.24) is 0 Å². The van der Waals surface area contributed by atoms with Crippen molar-refractivity contribution in [2.75, 3.05) is 11.9 Å². The molecule has 21 heavy (non-hydrogen) atoms. The maximum absolute atomic E-state index is 11.9. The minimum absolute atomic E-state index is 0.00589. The summed E-state index contributed by atoms with van der Waals surface area (Å²) in [6.07, 6.45) is 0. The van der Waals surface area contributed by atoms with Crippen LogP contribution in [0.15, 0.2) is 40.9 Å². The van der Waals surface area contributed by atoms with Gasteiger partial charge in [0.05, 0.1) is 0 Å². The summed E-state index contributed by atoms with van der Waals surface area (Å²) in [5.41, 5.74) is 4.11. The number of hydrogen-bond acceptors (Lipinski definition) is 2. The Morgan fingerprint density at radius 1 is 1.10 bits per heavy atom. The van der Waals surface area contributed by atoms with Gasteiger partial charge in [-0.05, 0) is 67.8 Å². The van der Waals surface area contributed by atoms with Crippen molar-refractivity contribution in [3.8, 4) is 5.75 Å². The summed E-state index contributed by atoms with van der Waals surface area (Å²) in [4.78, 5) is 11.9. The lowest BCUT2D eigenvalue weighted by molar-refractivity contribution is -0.118. The number of amides is 1. The highest BCUT2D eigenvalue weighted by molar-refractivity contribution is 9.10. The van der Waals surface area contributed by atoms with Crippen molar-refractivity contribution < 1.29 is 9.53 Å². The van der Waals surface area contributed by atoms with Crippen molar-refractivity contribution >= 4 is 27.5 Å². The Labute approximate surface area is 133 Å². The minimum Gasteiger partial charge on any atom is -0.484 e. The Bertz CT molecular complexity index is 648. The van der Waals surface area contributed by atoms with E-state index in [9.17, 15) is 4.79 Å². The third-order valence-electron chi connectivity index (χ3n) is 3.00. The van der Waals surface area contributed by atoms with Gasteiger partial charge in [0.2, 0.25) is 0 Å². The molecule has 2 aromatic rings. The van der Waals surface area contributed by atoms with Gasteiger partial charge in [0, 0.05) is 10.2 Å². The van der Waals surface area contributed by atoms with E-state index < -0.39 is 0 Å². The number of halogens is 1. The Kier molecular flexibility index (Phi) is 5.02. The maximum Gasteiger partial charge on any atom is 0.262 e. The third kappa shape index (κ3) is 4.60. The number of anilines is 1. The van der Waals surface area contributed by atoms with Gasteiger partial charge in [0.1, 0.15) is 5.75 Å². The topological polar surface area (TPSA) is 38.3 Å². The second-order valence-electron chi connectivity index (χ2n) is 5.12. The fraction of sp³-hybridized carbons (Fsp3) is 0.235. The van der Waals surface area contributed by atoms with Crippen LogP contribution in [0.3, 0.4) is 0 Å². The molecule has 2 aromatic carbocycles. The summed E-state index contributed by atoms with van der Waals surface area (Å²) in [6.45, 7) is 5.98. The van der Waals surface area contributed by atoms with E-state index in [0.717, 1.165) is 26.9 Å². The smallest absolute Gasteiger partial charge is 0.262 e. The van der Waals surface area contributed by atoms with E-state index in [2.05, 4.69) is 27.3 Å². The number of rotatable bonds is 4. The second-order valence-corrected chi connectivity index (χ2v) is 5.98. The summed E-state index contributed by atoms with van der Waals surface area (Å²) in [7, 11) is 0. The second kappa shape index (κ2) is 6.76. The molecule has 0 saturated heterocycles. The van der Waals surface area contributed by atoms with Crippen molar-refractivity contribution in [3.63, 3.8) is 0 Å². The normalized spacial score (nSPS) is 10.3. The number of aryl methyl sites for hydroxylation is 3. The van der Waals surface area contributed by atoms with E-state index in [4.69, 9.17) is 4.74 Å². The van der Waals surface area contributed by atoms with Crippen LogP contribution in [0.4, 0.5) is 5.69 Å². The molecule has 0 aliphatic carbocycles. The van der Waals surface area contributed by atoms with Gasteiger partial charge >= 0.3 is 0 Å². The zero-order valence-corrected chi connectivity index (χ0v) is 14.0. The maximum atomic E-state index is 11.9. The molecule has 0 aromatic heterocycles.